The number of halogens is 3. The Hall–Kier alpha value is -2.76. The topological polar surface area (TPSA) is 66.8 Å². The van der Waals surface area contributed by atoms with Gasteiger partial charge in [0.15, 0.2) is 6.61 Å². The standard InChI is InChI=1S/C22H17Cl2FO4/c1-12-4-14(8-15(25)5-12)17-6-13(2-3-21(17)26)7-18-19(23)9-16(10-20(18)24)29-11-22(27)28/h2-6,8-10,26H,7,11H2,1H3,(H,27,28). The van der Waals surface area contributed by atoms with Crippen LogP contribution in [0.5, 0.6) is 11.5 Å². The summed E-state index contributed by atoms with van der Waals surface area (Å²) in [5.74, 6) is -1.19. The van der Waals surface area contributed by atoms with Gasteiger partial charge in [-0.25, -0.2) is 9.18 Å². The van der Waals surface area contributed by atoms with E-state index in [1.165, 1.54) is 30.3 Å². The molecule has 0 spiro atoms. The van der Waals surface area contributed by atoms with E-state index in [0.717, 1.165) is 11.1 Å². The largest absolute Gasteiger partial charge is 0.507 e. The maximum Gasteiger partial charge on any atom is 0.341 e. The van der Waals surface area contributed by atoms with Crippen LogP contribution in [0.1, 0.15) is 16.7 Å². The van der Waals surface area contributed by atoms with Crippen molar-refractivity contribution in [2.45, 2.75) is 13.3 Å². The number of carbonyl (C=O) groups is 1. The van der Waals surface area contributed by atoms with E-state index in [1.807, 2.05) is 0 Å². The van der Waals surface area contributed by atoms with Crippen molar-refractivity contribution in [3.05, 3.63) is 81.1 Å². The first-order valence-electron chi connectivity index (χ1n) is 8.65. The van der Waals surface area contributed by atoms with Crippen LogP contribution in [0.4, 0.5) is 4.39 Å². The van der Waals surface area contributed by atoms with Crippen LogP contribution in [0.25, 0.3) is 11.1 Å². The summed E-state index contributed by atoms with van der Waals surface area (Å²) in [6.07, 6.45) is 0.360. The van der Waals surface area contributed by atoms with Crippen molar-refractivity contribution in [1.82, 2.24) is 0 Å². The number of rotatable bonds is 6. The van der Waals surface area contributed by atoms with Crippen molar-refractivity contribution < 1.29 is 24.1 Å². The summed E-state index contributed by atoms with van der Waals surface area (Å²) in [4.78, 5) is 10.6. The maximum atomic E-state index is 13.8. The van der Waals surface area contributed by atoms with Crippen LogP contribution in [0, 0.1) is 12.7 Å². The number of carboxylic acid groups (broad SMARTS) is 1. The first-order chi connectivity index (χ1) is 13.7. The summed E-state index contributed by atoms with van der Waals surface area (Å²) in [5.41, 5.74) is 3.24. The van der Waals surface area contributed by atoms with E-state index in [4.69, 9.17) is 33.0 Å². The molecule has 0 atom stereocenters. The molecule has 0 aromatic heterocycles. The Labute approximate surface area is 177 Å². The summed E-state index contributed by atoms with van der Waals surface area (Å²) in [6.45, 7) is 1.28. The van der Waals surface area contributed by atoms with Crippen molar-refractivity contribution >= 4 is 29.2 Å². The quantitative estimate of drug-likeness (QED) is 0.509. The Morgan fingerprint density at radius 2 is 1.76 bits per heavy atom. The van der Waals surface area contributed by atoms with Gasteiger partial charge in [-0.3, -0.25) is 0 Å². The number of phenols is 1. The Morgan fingerprint density at radius 3 is 2.38 bits per heavy atom. The highest BCUT2D eigenvalue weighted by molar-refractivity contribution is 6.36. The number of hydrogen-bond acceptors (Lipinski definition) is 3. The average Bonchev–Trinajstić information content (AvgIpc) is 2.63. The molecule has 0 saturated heterocycles. The molecule has 2 N–H and O–H groups in total. The summed E-state index contributed by atoms with van der Waals surface area (Å²) in [6, 6.07) is 12.6. The first kappa shape index (κ1) is 21.0. The van der Waals surface area contributed by atoms with Crippen LogP contribution in [-0.4, -0.2) is 22.8 Å². The van der Waals surface area contributed by atoms with Gasteiger partial charge in [-0.15, -0.1) is 0 Å². The third-order valence-corrected chi connectivity index (χ3v) is 4.95. The first-order valence-corrected chi connectivity index (χ1v) is 9.40. The number of aromatic hydroxyl groups is 1. The summed E-state index contributed by atoms with van der Waals surface area (Å²) in [7, 11) is 0. The normalized spacial score (nSPS) is 10.8. The molecule has 0 amide bonds. The molecule has 7 heteroatoms. The van der Waals surface area contributed by atoms with E-state index in [2.05, 4.69) is 0 Å². The van der Waals surface area contributed by atoms with Crippen molar-refractivity contribution in [2.75, 3.05) is 6.61 Å². The van der Waals surface area contributed by atoms with Gasteiger partial charge in [0.1, 0.15) is 17.3 Å². The van der Waals surface area contributed by atoms with Gasteiger partial charge >= 0.3 is 5.97 Å². The molecule has 0 saturated carbocycles. The minimum atomic E-state index is -1.11. The van der Waals surface area contributed by atoms with Crippen molar-refractivity contribution in [2.24, 2.45) is 0 Å². The van der Waals surface area contributed by atoms with E-state index >= 15 is 0 Å². The van der Waals surface area contributed by atoms with E-state index in [0.29, 0.717) is 33.2 Å². The van der Waals surface area contributed by atoms with E-state index < -0.39 is 12.6 Å². The second-order valence-electron chi connectivity index (χ2n) is 6.59. The molecule has 4 nitrogen and oxygen atoms in total. The number of phenolic OH excluding ortho intramolecular Hbond substituents is 1. The highest BCUT2D eigenvalue weighted by Crippen LogP contribution is 2.35. The lowest BCUT2D eigenvalue weighted by Gasteiger charge is -2.13. The lowest BCUT2D eigenvalue weighted by atomic mass is 9.97. The van der Waals surface area contributed by atoms with Gasteiger partial charge in [-0.05, 0) is 65.6 Å². The van der Waals surface area contributed by atoms with Crippen molar-refractivity contribution in [3.63, 3.8) is 0 Å². The number of ether oxygens (including phenoxy) is 1. The van der Waals surface area contributed by atoms with Gasteiger partial charge in [0.05, 0.1) is 0 Å². The predicted molar refractivity (Wildman–Crippen MR) is 111 cm³/mol. The molecule has 3 rings (SSSR count). The molecule has 0 aliphatic rings. The average molecular weight is 435 g/mol. The Bertz CT molecular complexity index is 1040. The highest BCUT2D eigenvalue weighted by Gasteiger charge is 2.13. The van der Waals surface area contributed by atoms with Crippen LogP contribution >= 0.6 is 23.2 Å². The Balaban J connectivity index is 1.92. The molecule has 0 unspecified atom stereocenters. The molecule has 3 aromatic carbocycles. The lowest BCUT2D eigenvalue weighted by Crippen LogP contribution is -2.09. The number of hydrogen-bond donors (Lipinski definition) is 2. The fraction of sp³-hybridized carbons (Fsp3) is 0.136. The fourth-order valence-corrected chi connectivity index (χ4v) is 3.60. The predicted octanol–water partition coefficient (Wildman–Crippen LogP) is 5.87. The van der Waals surface area contributed by atoms with Crippen molar-refractivity contribution in [3.8, 4) is 22.6 Å². The van der Waals surface area contributed by atoms with E-state index in [9.17, 15) is 14.3 Å². The maximum absolute atomic E-state index is 13.8. The van der Waals surface area contributed by atoms with Gasteiger partial charge in [0.2, 0.25) is 0 Å². The Morgan fingerprint density at radius 1 is 1.07 bits per heavy atom. The smallest absolute Gasteiger partial charge is 0.341 e. The minimum absolute atomic E-state index is 0.0355. The molecule has 0 aliphatic heterocycles. The Kier molecular flexibility index (Phi) is 6.30. The lowest BCUT2D eigenvalue weighted by molar-refractivity contribution is -0.139. The molecule has 29 heavy (non-hydrogen) atoms. The SMILES string of the molecule is Cc1cc(F)cc(-c2cc(Cc3c(Cl)cc(OCC(=O)O)cc3Cl)ccc2O)c1. The molecular formula is C22H17Cl2FO4. The molecule has 0 fully saturated rings. The fourth-order valence-electron chi connectivity index (χ4n) is 3.00. The zero-order valence-corrected chi connectivity index (χ0v) is 16.9. The van der Waals surface area contributed by atoms with Gasteiger partial charge < -0.3 is 14.9 Å². The minimum Gasteiger partial charge on any atom is -0.507 e. The van der Waals surface area contributed by atoms with E-state index in [-0.39, 0.29) is 17.3 Å². The zero-order valence-electron chi connectivity index (χ0n) is 15.4. The summed E-state index contributed by atoms with van der Waals surface area (Å²) in [5, 5.41) is 19.6. The van der Waals surface area contributed by atoms with Crippen LogP contribution in [0.15, 0.2) is 48.5 Å². The van der Waals surface area contributed by atoms with Crippen LogP contribution in [0.2, 0.25) is 10.0 Å². The van der Waals surface area contributed by atoms with Gasteiger partial charge in [0, 0.05) is 22.0 Å². The van der Waals surface area contributed by atoms with Gasteiger partial charge in [0.25, 0.3) is 0 Å². The molecule has 0 bridgehead atoms. The van der Waals surface area contributed by atoms with E-state index in [1.54, 1.807) is 25.1 Å². The number of aliphatic carboxylic acids is 1. The van der Waals surface area contributed by atoms with Gasteiger partial charge in [-0.1, -0.05) is 35.3 Å². The molecular weight excluding hydrogens is 418 g/mol. The molecule has 0 aliphatic carbocycles. The molecule has 0 radical (unpaired) electrons. The molecule has 3 aromatic rings. The zero-order chi connectivity index (χ0) is 21.1. The number of benzene rings is 3. The van der Waals surface area contributed by atoms with Crippen molar-refractivity contribution in [1.29, 1.82) is 0 Å². The third kappa shape index (κ3) is 5.19. The number of aryl methyl sites for hydroxylation is 1. The second kappa shape index (κ2) is 8.72. The van der Waals surface area contributed by atoms with Crippen LogP contribution in [-0.2, 0) is 11.2 Å². The molecule has 0 heterocycles. The summed E-state index contributed by atoms with van der Waals surface area (Å²) >= 11 is 12.6. The molecule has 150 valence electrons. The highest BCUT2D eigenvalue weighted by atomic mass is 35.5. The van der Waals surface area contributed by atoms with Crippen LogP contribution in [0.3, 0.4) is 0 Å². The summed E-state index contributed by atoms with van der Waals surface area (Å²) < 4.78 is 18.9. The number of carboxylic acids is 1. The van der Waals surface area contributed by atoms with Crippen LogP contribution < -0.4 is 4.74 Å². The van der Waals surface area contributed by atoms with Gasteiger partial charge in [-0.2, -0.15) is 0 Å². The third-order valence-electron chi connectivity index (χ3n) is 4.27. The monoisotopic (exact) mass is 434 g/mol. The second-order valence-corrected chi connectivity index (χ2v) is 7.41.